The third kappa shape index (κ3) is 4.69. The topological polar surface area (TPSA) is 90.7 Å². The molecule has 1 amide bonds. The smallest absolute Gasteiger partial charge is 0.276 e. The molecule has 0 aliphatic carbocycles. The van der Waals surface area contributed by atoms with E-state index in [1.807, 2.05) is 0 Å². The van der Waals surface area contributed by atoms with Crippen LogP contribution in [0.5, 0.6) is 11.5 Å². The molecule has 8 heteroatoms. The Morgan fingerprint density at radius 3 is 2.32 bits per heavy atom. The van der Waals surface area contributed by atoms with Crippen LogP contribution in [0.2, 0.25) is 0 Å². The molecule has 0 aliphatic rings. The van der Waals surface area contributed by atoms with Crippen LogP contribution in [0.25, 0.3) is 0 Å². The lowest BCUT2D eigenvalue weighted by Gasteiger charge is -2.11. The monoisotopic (exact) mass is 408 g/mol. The average molecular weight is 409 g/mol. The zero-order valence-corrected chi connectivity index (χ0v) is 15.3. The molecule has 2 aromatic rings. The summed E-state index contributed by atoms with van der Waals surface area (Å²) in [7, 11) is 2.88. The first-order chi connectivity index (χ1) is 12.0. The summed E-state index contributed by atoms with van der Waals surface area (Å²) < 4.78 is 11.1. The number of nitro benzene ring substituents is 1. The molecular formula is C17H17BrN2O5. The predicted molar refractivity (Wildman–Crippen MR) is 96.4 cm³/mol. The van der Waals surface area contributed by atoms with Gasteiger partial charge < -0.3 is 14.8 Å². The van der Waals surface area contributed by atoms with E-state index in [2.05, 4.69) is 21.2 Å². The summed E-state index contributed by atoms with van der Waals surface area (Å²) in [5.74, 6) is 0.454. The Balaban J connectivity index is 2.10. The highest BCUT2D eigenvalue weighted by Gasteiger charge is 2.19. The molecule has 1 N–H and O–H groups in total. The molecule has 0 aromatic heterocycles. The molecule has 0 saturated heterocycles. The van der Waals surface area contributed by atoms with Gasteiger partial charge in [0.15, 0.2) is 11.5 Å². The van der Waals surface area contributed by atoms with Gasteiger partial charge in [-0.1, -0.05) is 15.9 Å². The van der Waals surface area contributed by atoms with E-state index in [1.165, 1.54) is 20.3 Å². The fourth-order valence-electron chi connectivity index (χ4n) is 2.29. The maximum absolute atomic E-state index is 12.1. The minimum Gasteiger partial charge on any atom is -0.493 e. The molecule has 0 saturated carbocycles. The minimum absolute atomic E-state index is 0.0736. The van der Waals surface area contributed by atoms with Crippen molar-refractivity contribution in [1.82, 2.24) is 5.32 Å². The van der Waals surface area contributed by atoms with Crippen molar-refractivity contribution < 1.29 is 19.2 Å². The van der Waals surface area contributed by atoms with Crippen molar-refractivity contribution in [2.24, 2.45) is 0 Å². The van der Waals surface area contributed by atoms with Gasteiger partial charge in [-0.25, -0.2) is 0 Å². The van der Waals surface area contributed by atoms with Crippen molar-refractivity contribution in [3.8, 4) is 11.5 Å². The molecular weight excluding hydrogens is 392 g/mol. The summed E-state index contributed by atoms with van der Waals surface area (Å²) in [6.07, 6.45) is 0.291. The van der Waals surface area contributed by atoms with E-state index in [9.17, 15) is 14.9 Å². The third-order valence-electron chi connectivity index (χ3n) is 3.57. The molecule has 132 valence electrons. The number of ether oxygens (including phenoxy) is 2. The van der Waals surface area contributed by atoms with Gasteiger partial charge >= 0.3 is 0 Å². The summed E-state index contributed by atoms with van der Waals surface area (Å²) in [6, 6.07) is 9.81. The number of halogens is 1. The van der Waals surface area contributed by atoms with Crippen LogP contribution in [0, 0.1) is 10.1 Å². The van der Waals surface area contributed by atoms with Gasteiger partial charge in [-0.05, 0) is 36.8 Å². The average Bonchev–Trinajstić information content (AvgIpc) is 2.61. The maximum atomic E-state index is 12.1. The van der Waals surface area contributed by atoms with E-state index in [4.69, 9.17) is 9.47 Å². The van der Waals surface area contributed by atoms with Gasteiger partial charge in [-0.2, -0.15) is 0 Å². The van der Waals surface area contributed by atoms with E-state index in [0.29, 0.717) is 23.3 Å². The summed E-state index contributed by atoms with van der Waals surface area (Å²) in [5.41, 5.74) is 0.902. The van der Waals surface area contributed by atoms with Crippen molar-refractivity contribution in [3.63, 3.8) is 0 Å². The third-order valence-corrected chi connectivity index (χ3v) is 4.10. The Hall–Kier alpha value is -2.61. The second-order valence-corrected chi connectivity index (χ2v) is 6.02. The second kappa shape index (κ2) is 8.48. The van der Waals surface area contributed by atoms with Crippen LogP contribution >= 0.6 is 15.9 Å². The standard InChI is InChI=1S/C17H17BrN2O5/c1-24-15-9-12(14(20(22)23)10-16(15)25-2)7-8-19-17(21)11-3-5-13(18)6-4-11/h3-6,9-10H,7-8H2,1-2H3,(H,19,21). The van der Waals surface area contributed by atoms with Crippen LogP contribution in [-0.4, -0.2) is 31.6 Å². The molecule has 0 bridgehead atoms. The van der Waals surface area contributed by atoms with Crippen LogP contribution in [-0.2, 0) is 6.42 Å². The highest BCUT2D eigenvalue weighted by molar-refractivity contribution is 9.10. The number of methoxy groups -OCH3 is 2. The zero-order chi connectivity index (χ0) is 18.4. The van der Waals surface area contributed by atoms with E-state index in [1.54, 1.807) is 30.3 Å². The van der Waals surface area contributed by atoms with Crippen LogP contribution in [0.4, 0.5) is 5.69 Å². The molecule has 2 rings (SSSR count). The fourth-order valence-corrected chi connectivity index (χ4v) is 2.56. The van der Waals surface area contributed by atoms with Crippen molar-refractivity contribution >= 4 is 27.5 Å². The molecule has 0 aliphatic heterocycles. The highest BCUT2D eigenvalue weighted by atomic mass is 79.9. The SMILES string of the molecule is COc1cc(CCNC(=O)c2ccc(Br)cc2)c([N+](=O)[O-])cc1OC. The van der Waals surface area contributed by atoms with Crippen LogP contribution < -0.4 is 14.8 Å². The maximum Gasteiger partial charge on any atom is 0.276 e. The first-order valence-electron chi connectivity index (χ1n) is 7.39. The van der Waals surface area contributed by atoms with E-state index < -0.39 is 4.92 Å². The number of amides is 1. The lowest BCUT2D eigenvalue weighted by molar-refractivity contribution is -0.385. The summed E-state index contributed by atoms with van der Waals surface area (Å²) in [6.45, 7) is 0.255. The molecule has 0 unspecified atom stereocenters. The van der Waals surface area contributed by atoms with E-state index >= 15 is 0 Å². The number of nitrogens with one attached hydrogen (secondary N) is 1. The Kier molecular flexibility index (Phi) is 6.35. The Labute approximate surface area is 153 Å². The van der Waals surface area contributed by atoms with E-state index in [0.717, 1.165) is 4.47 Å². The van der Waals surface area contributed by atoms with Gasteiger partial charge in [0.25, 0.3) is 11.6 Å². The van der Waals surface area contributed by atoms with Crippen molar-refractivity contribution in [3.05, 3.63) is 62.1 Å². The predicted octanol–water partition coefficient (Wildman–Crippen LogP) is 3.35. The highest BCUT2D eigenvalue weighted by Crippen LogP contribution is 2.34. The Morgan fingerprint density at radius 1 is 1.16 bits per heavy atom. The quantitative estimate of drug-likeness (QED) is 0.560. The second-order valence-electron chi connectivity index (χ2n) is 5.11. The van der Waals surface area contributed by atoms with Gasteiger partial charge in [0.2, 0.25) is 0 Å². The number of carbonyl (C=O) groups excluding carboxylic acids is 1. The molecule has 0 spiro atoms. The van der Waals surface area contributed by atoms with Crippen LogP contribution in [0.1, 0.15) is 15.9 Å². The van der Waals surface area contributed by atoms with Crippen molar-refractivity contribution in [2.45, 2.75) is 6.42 Å². The molecule has 0 atom stereocenters. The Bertz CT molecular complexity index is 777. The van der Waals surface area contributed by atoms with Gasteiger partial charge in [0, 0.05) is 22.1 Å². The summed E-state index contributed by atoms with van der Waals surface area (Å²) in [4.78, 5) is 22.9. The number of carbonyl (C=O) groups is 1. The minimum atomic E-state index is -0.478. The molecule has 0 fully saturated rings. The number of nitrogens with zero attached hydrogens (tertiary/aromatic N) is 1. The van der Waals surface area contributed by atoms with Crippen LogP contribution in [0.3, 0.4) is 0 Å². The van der Waals surface area contributed by atoms with Crippen molar-refractivity contribution in [1.29, 1.82) is 0 Å². The fraction of sp³-hybridized carbons (Fsp3) is 0.235. The number of benzene rings is 2. The lowest BCUT2D eigenvalue weighted by Crippen LogP contribution is -2.25. The Morgan fingerprint density at radius 2 is 1.76 bits per heavy atom. The first kappa shape index (κ1) is 18.7. The van der Waals surface area contributed by atoms with E-state index in [-0.39, 0.29) is 23.9 Å². The van der Waals surface area contributed by atoms with Gasteiger partial charge in [0.05, 0.1) is 25.2 Å². The summed E-state index contributed by atoms with van der Waals surface area (Å²) in [5, 5.41) is 14.0. The van der Waals surface area contributed by atoms with Gasteiger partial charge in [0.1, 0.15) is 0 Å². The molecule has 0 radical (unpaired) electrons. The largest absolute Gasteiger partial charge is 0.493 e. The first-order valence-corrected chi connectivity index (χ1v) is 8.18. The van der Waals surface area contributed by atoms with Gasteiger partial charge in [-0.3, -0.25) is 14.9 Å². The molecule has 7 nitrogen and oxygen atoms in total. The molecule has 0 heterocycles. The van der Waals surface area contributed by atoms with Crippen molar-refractivity contribution in [2.75, 3.05) is 20.8 Å². The number of nitro groups is 1. The normalized spacial score (nSPS) is 10.2. The number of rotatable bonds is 7. The number of hydrogen-bond donors (Lipinski definition) is 1. The number of hydrogen-bond acceptors (Lipinski definition) is 5. The van der Waals surface area contributed by atoms with Crippen LogP contribution in [0.15, 0.2) is 40.9 Å². The lowest BCUT2D eigenvalue weighted by atomic mass is 10.1. The summed E-state index contributed by atoms with van der Waals surface area (Å²) >= 11 is 3.31. The molecule has 25 heavy (non-hydrogen) atoms. The zero-order valence-electron chi connectivity index (χ0n) is 13.7. The molecule has 2 aromatic carbocycles. The van der Waals surface area contributed by atoms with Gasteiger partial charge in [-0.15, -0.1) is 0 Å².